The topological polar surface area (TPSA) is 42.0 Å². The number of nitrogens with zero attached hydrogens (tertiary/aromatic N) is 1. The van der Waals surface area contributed by atoms with Crippen LogP contribution in [-0.2, 0) is 6.54 Å². The SMILES string of the molecule is CSc1ccc(CNC(=O)c2cc(Cl)nc(Cl)c2)cc1. The maximum absolute atomic E-state index is 12.0. The van der Waals surface area contributed by atoms with E-state index in [0.29, 0.717) is 12.1 Å². The molecule has 0 bridgehead atoms. The van der Waals surface area contributed by atoms with Crippen LogP contribution in [0.4, 0.5) is 0 Å². The monoisotopic (exact) mass is 326 g/mol. The van der Waals surface area contributed by atoms with Crippen molar-refractivity contribution < 1.29 is 4.79 Å². The van der Waals surface area contributed by atoms with E-state index in [-0.39, 0.29) is 16.2 Å². The quantitative estimate of drug-likeness (QED) is 0.681. The molecule has 0 aliphatic heterocycles. The summed E-state index contributed by atoms with van der Waals surface area (Å²) in [5.74, 6) is -0.231. The van der Waals surface area contributed by atoms with Gasteiger partial charge in [0.1, 0.15) is 10.3 Å². The molecule has 2 rings (SSSR count). The lowest BCUT2D eigenvalue weighted by Crippen LogP contribution is -2.22. The van der Waals surface area contributed by atoms with Gasteiger partial charge in [0, 0.05) is 17.0 Å². The summed E-state index contributed by atoms with van der Waals surface area (Å²) in [7, 11) is 0. The van der Waals surface area contributed by atoms with Crippen molar-refractivity contribution in [1.29, 1.82) is 0 Å². The molecule has 0 saturated heterocycles. The lowest BCUT2D eigenvalue weighted by molar-refractivity contribution is 0.0951. The highest BCUT2D eigenvalue weighted by molar-refractivity contribution is 7.98. The number of rotatable bonds is 4. The van der Waals surface area contributed by atoms with Gasteiger partial charge in [0.2, 0.25) is 0 Å². The first kappa shape index (κ1) is 15.2. The minimum absolute atomic E-state index is 0.201. The number of halogens is 2. The summed E-state index contributed by atoms with van der Waals surface area (Å²) in [5.41, 5.74) is 1.43. The average Bonchev–Trinajstić information content (AvgIpc) is 2.44. The molecule has 0 unspecified atom stereocenters. The molecule has 1 heterocycles. The average molecular weight is 327 g/mol. The van der Waals surface area contributed by atoms with Crippen molar-refractivity contribution >= 4 is 40.9 Å². The Morgan fingerprint density at radius 3 is 2.35 bits per heavy atom. The largest absolute Gasteiger partial charge is 0.348 e. The van der Waals surface area contributed by atoms with Crippen LogP contribution in [0.15, 0.2) is 41.3 Å². The van der Waals surface area contributed by atoms with Gasteiger partial charge >= 0.3 is 0 Å². The van der Waals surface area contributed by atoms with Crippen LogP contribution in [0.25, 0.3) is 0 Å². The zero-order valence-corrected chi connectivity index (χ0v) is 13.0. The molecule has 1 aromatic heterocycles. The molecule has 0 fully saturated rings. The zero-order valence-electron chi connectivity index (χ0n) is 10.7. The number of amides is 1. The maximum atomic E-state index is 12.0. The first-order valence-corrected chi connectivity index (χ1v) is 7.81. The summed E-state index contributed by atoms with van der Waals surface area (Å²) < 4.78 is 0. The summed E-state index contributed by atoms with van der Waals surface area (Å²) in [6, 6.07) is 11.0. The maximum Gasteiger partial charge on any atom is 0.251 e. The fourth-order valence-corrected chi connectivity index (χ4v) is 2.49. The van der Waals surface area contributed by atoms with E-state index in [1.165, 1.54) is 17.0 Å². The number of benzene rings is 1. The van der Waals surface area contributed by atoms with E-state index in [0.717, 1.165) is 5.56 Å². The molecule has 104 valence electrons. The molecule has 20 heavy (non-hydrogen) atoms. The highest BCUT2D eigenvalue weighted by Crippen LogP contribution is 2.16. The molecule has 1 N–H and O–H groups in total. The summed E-state index contributed by atoms with van der Waals surface area (Å²) >= 11 is 13.2. The van der Waals surface area contributed by atoms with Crippen LogP contribution < -0.4 is 5.32 Å². The summed E-state index contributed by atoms with van der Waals surface area (Å²) in [5, 5.41) is 3.22. The predicted molar refractivity (Wildman–Crippen MR) is 83.7 cm³/mol. The number of aromatic nitrogens is 1. The number of pyridine rings is 1. The molecule has 0 atom stereocenters. The summed E-state index contributed by atoms with van der Waals surface area (Å²) in [6.45, 7) is 0.449. The Morgan fingerprint density at radius 1 is 1.20 bits per heavy atom. The highest BCUT2D eigenvalue weighted by Gasteiger charge is 2.08. The van der Waals surface area contributed by atoms with E-state index in [1.54, 1.807) is 11.8 Å². The van der Waals surface area contributed by atoms with E-state index < -0.39 is 0 Å². The van der Waals surface area contributed by atoms with E-state index in [1.807, 2.05) is 30.5 Å². The van der Waals surface area contributed by atoms with Gasteiger partial charge in [-0.15, -0.1) is 11.8 Å². The van der Waals surface area contributed by atoms with Gasteiger partial charge in [-0.1, -0.05) is 35.3 Å². The van der Waals surface area contributed by atoms with E-state index in [4.69, 9.17) is 23.2 Å². The number of hydrogen-bond acceptors (Lipinski definition) is 3. The van der Waals surface area contributed by atoms with Crippen molar-refractivity contribution in [1.82, 2.24) is 10.3 Å². The second kappa shape index (κ2) is 6.97. The number of thioether (sulfide) groups is 1. The van der Waals surface area contributed by atoms with Crippen LogP contribution in [0, 0.1) is 0 Å². The smallest absolute Gasteiger partial charge is 0.251 e. The van der Waals surface area contributed by atoms with Crippen LogP contribution in [0.5, 0.6) is 0 Å². The van der Waals surface area contributed by atoms with Crippen LogP contribution in [0.2, 0.25) is 10.3 Å². The Labute approximate surface area is 131 Å². The van der Waals surface area contributed by atoms with Gasteiger partial charge in [0.25, 0.3) is 5.91 Å². The Hall–Kier alpha value is -1.23. The molecule has 0 saturated carbocycles. The van der Waals surface area contributed by atoms with Gasteiger partial charge in [0.05, 0.1) is 0 Å². The Balaban J connectivity index is 2.00. The molecule has 2 aromatic rings. The van der Waals surface area contributed by atoms with Crippen molar-refractivity contribution in [2.45, 2.75) is 11.4 Å². The van der Waals surface area contributed by atoms with E-state index in [2.05, 4.69) is 10.3 Å². The molecule has 0 spiro atoms. The second-order valence-electron chi connectivity index (χ2n) is 4.03. The van der Waals surface area contributed by atoms with Crippen molar-refractivity contribution in [3.05, 3.63) is 57.8 Å². The van der Waals surface area contributed by atoms with Gasteiger partial charge in [-0.25, -0.2) is 4.98 Å². The van der Waals surface area contributed by atoms with E-state index in [9.17, 15) is 4.79 Å². The molecular weight excluding hydrogens is 315 g/mol. The third kappa shape index (κ3) is 4.13. The van der Waals surface area contributed by atoms with Gasteiger partial charge in [-0.05, 0) is 36.1 Å². The molecular formula is C14H12Cl2N2OS. The first-order chi connectivity index (χ1) is 9.58. The first-order valence-electron chi connectivity index (χ1n) is 5.82. The normalized spacial score (nSPS) is 10.3. The minimum Gasteiger partial charge on any atom is -0.348 e. The van der Waals surface area contributed by atoms with Gasteiger partial charge in [0.15, 0.2) is 0 Å². The fraction of sp³-hybridized carbons (Fsp3) is 0.143. The molecule has 3 nitrogen and oxygen atoms in total. The third-order valence-electron chi connectivity index (χ3n) is 2.64. The molecule has 1 amide bonds. The molecule has 1 aromatic carbocycles. The van der Waals surface area contributed by atoms with Gasteiger partial charge in [-0.3, -0.25) is 4.79 Å². The molecule has 0 aliphatic rings. The van der Waals surface area contributed by atoms with Gasteiger partial charge < -0.3 is 5.32 Å². The van der Waals surface area contributed by atoms with Crippen molar-refractivity contribution in [2.75, 3.05) is 6.26 Å². The second-order valence-corrected chi connectivity index (χ2v) is 5.69. The number of carbonyl (C=O) groups excluding carboxylic acids is 1. The Morgan fingerprint density at radius 2 is 1.80 bits per heavy atom. The lowest BCUT2D eigenvalue weighted by Gasteiger charge is -2.06. The fourth-order valence-electron chi connectivity index (χ4n) is 1.62. The van der Waals surface area contributed by atoms with Crippen LogP contribution in [0.1, 0.15) is 15.9 Å². The Bertz CT molecular complexity index is 597. The van der Waals surface area contributed by atoms with Crippen molar-refractivity contribution in [3.8, 4) is 0 Å². The standard InChI is InChI=1S/C14H12Cl2N2OS/c1-20-11-4-2-9(3-5-11)8-17-14(19)10-6-12(15)18-13(16)7-10/h2-7H,8H2,1H3,(H,17,19). The number of nitrogens with one attached hydrogen (secondary N) is 1. The zero-order chi connectivity index (χ0) is 14.5. The molecule has 0 aliphatic carbocycles. The highest BCUT2D eigenvalue weighted by atomic mass is 35.5. The lowest BCUT2D eigenvalue weighted by atomic mass is 10.2. The van der Waals surface area contributed by atoms with Gasteiger partial charge in [-0.2, -0.15) is 0 Å². The summed E-state index contributed by atoms with van der Waals surface area (Å²) in [6.07, 6.45) is 2.02. The minimum atomic E-state index is -0.231. The van der Waals surface area contributed by atoms with Crippen LogP contribution in [0.3, 0.4) is 0 Å². The number of hydrogen-bond donors (Lipinski definition) is 1. The van der Waals surface area contributed by atoms with Crippen molar-refractivity contribution in [3.63, 3.8) is 0 Å². The van der Waals surface area contributed by atoms with Crippen LogP contribution in [-0.4, -0.2) is 17.1 Å². The van der Waals surface area contributed by atoms with E-state index >= 15 is 0 Å². The van der Waals surface area contributed by atoms with Crippen LogP contribution >= 0.6 is 35.0 Å². The molecule has 0 radical (unpaired) electrons. The van der Waals surface area contributed by atoms with Crippen molar-refractivity contribution in [2.24, 2.45) is 0 Å². The number of carbonyl (C=O) groups is 1. The molecule has 6 heteroatoms. The Kier molecular flexibility index (Phi) is 5.29. The summed E-state index contributed by atoms with van der Waals surface area (Å²) in [4.78, 5) is 17.0. The third-order valence-corrected chi connectivity index (χ3v) is 3.77. The predicted octanol–water partition coefficient (Wildman–Crippen LogP) is 4.04.